The fraction of sp³-hybridized carbons (Fsp3) is 0.667. The van der Waals surface area contributed by atoms with Gasteiger partial charge in [-0.05, 0) is 27.0 Å². The zero-order valence-electron chi connectivity index (χ0n) is 8.16. The normalized spacial score (nSPS) is 11.1. The molecule has 0 unspecified atom stereocenters. The number of rotatable bonds is 3. The Morgan fingerprint density at radius 1 is 1.58 bits per heavy atom. The maximum absolute atomic E-state index is 4.46. The third kappa shape index (κ3) is 2.03. The summed E-state index contributed by atoms with van der Waals surface area (Å²) in [6.45, 7) is 6.42. The highest BCUT2D eigenvalue weighted by molar-refractivity contribution is 7.97. The van der Waals surface area contributed by atoms with E-state index in [0.29, 0.717) is 6.04 Å². The van der Waals surface area contributed by atoms with Gasteiger partial charge in [0.1, 0.15) is 5.82 Å². The fourth-order valence-corrected chi connectivity index (χ4v) is 1.72. The van der Waals surface area contributed by atoms with Gasteiger partial charge in [-0.15, -0.1) is 0 Å². The number of thioether (sulfide) groups is 1. The van der Waals surface area contributed by atoms with Crippen molar-refractivity contribution in [3.63, 3.8) is 0 Å². The van der Waals surface area contributed by atoms with E-state index >= 15 is 0 Å². The van der Waals surface area contributed by atoms with Gasteiger partial charge in [-0.3, -0.25) is 0 Å². The van der Waals surface area contributed by atoms with Crippen LogP contribution in [-0.4, -0.2) is 15.8 Å². The summed E-state index contributed by atoms with van der Waals surface area (Å²) >= 11 is 1.82. The molecule has 0 spiro atoms. The Balaban J connectivity index is 2.92. The first-order chi connectivity index (χ1) is 5.65. The maximum atomic E-state index is 4.46. The smallest absolute Gasteiger partial charge is 0.119 e. The second-order valence-corrected chi connectivity index (χ2v) is 4.10. The molecule has 0 radical (unpaired) electrons. The van der Waals surface area contributed by atoms with Gasteiger partial charge < -0.3 is 4.57 Å². The number of hydrogen-bond donors (Lipinski definition) is 0. The van der Waals surface area contributed by atoms with Crippen molar-refractivity contribution >= 4 is 11.8 Å². The fourth-order valence-electron chi connectivity index (χ4n) is 1.25. The third-order valence-electron chi connectivity index (χ3n) is 1.76. The van der Waals surface area contributed by atoms with Crippen LogP contribution in [-0.2, 0) is 5.75 Å². The minimum absolute atomic E-state index is 0.522. The lowest BCUT2D eigenvalue weighted by Gasteiger charge is -2.09. The summed E-state index contributed by atoms with van der Waals surface area (Å²) in [5, 5.41) is 0. The van der Waals surface area contributed by atoms with E-state index in [1.165, 1.54) is 5.82 Å². The Bertz CT molecular complexity index is 253. The Kier molecular flexibility index (Phi) is 3.20. The molecule has 0 aromatic carbocycles. The number of hydrogen-bond acceptors (Lipinski definition) is 2. The number of imidazole rings is 1. The molecule has 0 aliphatic rings. The molecule has 0 fully saturated rings. The van der Waals surface area contributed by atoms with Crippen molar-refractivity contribution in [1.29, 1.82) is 0 Å². The molecule has 0 amide bonds. The summed E-state index contributed by atoms with van der Waals surface area (Å²) in [6.07, 6.45) is 4.23. The minimum atomic E-state index is 0.522. The van der Waals surface area contributed by atoms with Crippen molar-refractivity contribution in [1.82, 2.24) is 9.55 Å². The van der Waals surface area contributed by atoms with Crippen molar-refractivity contribution in [2.45, 2.75) is 32.6 Å². The summed E-state index contributed by atoms with van der Waals surface area (Å²) in [5.74, 6) is 2.20. The molecule has 1 heterocycles. The molecule has 68 valence electrons. The van der Waals surface area contributed by atoms with E-state index in [-0.39, 0.29) is 0 Å². The summed E-state index contributed by atoms with van der Waals surface area (Å²) in [4.78, 5) is 4.46. The van der Waals surface area contributed by atoms with Crippen molar-refractivity contribution < 1.29 is 0 Å². The van der Waals surface area contributed by atoms with E-state index < -0.39 is 0 Å². The van der Waals surface area contributed by atoms with Crippen molar-refractivity contribution in [2.75, 3.05) is 6.26 Å². The molecule has 0 saturated heterocycles. The van der Waals surface area contributed by atoms with Crippen LogP contribution in [0.15, 0.2) is 6.20 Å². The van der Waals surface area contributed by atoms with Crippen LogP contribution in [0.1, 0.15) is 31.4 Å². The molecule has 0 aliphatic heterocycles. The molecule has 0 aliphatic carbocycles. The van der Waals surface area contributed by atoms with Crippen LogP contribution in [0.5, 0.6) is 0 Å². The van der Waals surface area contributed by atoms with Gasteiger partial charge in [-0.1, -0.05) is 0 Å². The van der Waals surface area contributed by atoms with E-state index in [1.54, 1.807) is 0 Å². The number of aromatic nitrogens is 2. The van der Waals surface area contributed by atoms with Crippen LogP contribution < -0.4 is 0 Å². The largest absolute Gasteiger partial charge is 0.331 e. The molecule has 1 aromatic heterocycles. The predicted octanol–water partition coefficient (Wildman–Crippen LogP) is 2.64. The van der Waals surface area contributed by atoms with E-state index in [1.807, 2.05) is 18.7 Å². The zero-order valence-corrected chi connectivity index (χ0v) is 8.98. The van der Waals surface area contributed by atoms with Gasteiger partial charge in [0, 0.05) is 12.2 Å². The second kappa shape index (κ2) is 3.99. The summed E-state index contributed by atoms with van der Waals surface area (Å²) in [7, 11) is 0. The van der Waals surface area contributed by atoms with Crippen molar-refractivity contribution in [3.8, 4) is 0 Å². The highest BCUT2D eigenvalue weighted by Crippen LogP contribution is 2.14. The Hall–Kier alpha value is -0.440. The monoisotopic (exact) mass is 184 g/mol. The Morgan fingerprint density at radius 2 is 2.25 bits per heavy atom. The first kappa shape index (κ1) is 9.65. The predicted molar refractivity (Wildman–Crippen MR) is 54.6 cm³/mol. The van der Waals surface area contributed by atoms with Crippen LogP contribution in [0.25, 0.3) is 0 Å². The van der Waals surface area contributed by atoms with Crippen molar-refractivity contribution in [2.24, 2.45) is 0 Å². The molecule has 2 nitrogen and oxygen atoms in total. The van der Waals surface area contributed by atoms with Gasteiger partial charge in [0.05, 0.1) is 11.4 Å². The second-order valence-electron chi connectivity index (χ2n) is 3.23. The number of aryl methyl sites for hydroxylation is 1. The quantitative estimate of drug-likeness (QED) is 0.718. The van der Waals surface area contributed by atoms with E-state index in [0.717, 1.165) is 11.4 Å². The highest BCUT2D eigenvalue weighted by atomic mass is 32.2. The zero-order chi connectivity index (χ0) is 9.14. The average molecular weight is 184 g/mol. The molecule has 0 N–H and O–H groups in total. The van der Waals surface area contributed by atoms with E-state index in [2.05, 4.69) is 35.9 Å². The molecular formula is C9H16N2S. The van der Waals surface area contributed by atoms with Crippen LogP contribution in [0, 0.1) is 6.92 Å². The molecule has 12 heavy (non-hydrogen) atoms. The van der Waals surface area contributed by atoms with Crippen LogP contribution in [0.4, 0.5) is 0 Å². The molecule has 1 rings (SSSR count). The lowest BCUT2D eigenvalue weighted by atomic mass is 10.4. The topological polar surface area (TPSA) is 17.8 Å². The maximum Gasteiger partial charge on any atom is 0.119 e. The summed E-state index contributed by atoms with van der Waals surface area (Å²) in [5.41, 5.74) is 1.12. The summed E-state index contributed by atoms with van der Waals surface area (Å²) in [6, 6.07) is 0.522. The van der Waals surface area contributed by atoms with Gasteiger partial charge in [-0.25, -0.2) is 4.98 Å². The van der Waals surface area contributed by atoms with Gasteiger partial charge in [-0.2, -0.15) is 11.8 Å². The third-order valence-corrected chi connectivity index (χ3v) is 2.31. The lowest BCUT2D eigenvalue weighted by molar-refractivity contribution is 0.580. The van der Waals surface area contributed by atoms with E-state index in [9.17, 15) is 0 Å². The molecule has 0 saturated carbocycles. The van der Waals surface area contributed by atoms with Gasteiger partial charge in [0.25, 0.3) is 0 Å². The first-order valence-electron chi connectivity index (χ1n) is 4.18. The van der Waals surface area contributed by atoms with E-state index in [4.69, 9.17) is 0 Å². The summed E-state index contributed by atoms with van der Waals surface area (Å²) < 4.78 is 2.24. The SMILES string of the molecule is CSCc1nc(C)cn1C(C)C. The van der Waals surface area contributed by atoms with Gasteiger partial charge >= 0.3 is 0 Å². The lowest BCUT2D eigenvalue weighted by Crippen LogP contribution is -2.03. The van der Waals surface area contributed by atoms with Crippen LogP contribution in [0.3, 0.4) is 0 Å². The molecule has 0 atom stereocenters. The Morgan fingerprint density at radius 3 is 2.75 bits per heavy atom. The number of nitrogens with zero attached hydrogens (tertiary/aromatic N) is 2. The molecule has 0 bridgehead atoms. The molecule has 1 aromatic rings. The standard InChI is InChI=1S/C9H16N2S/c1-7(2)11-5-8(3)10-9(11)6-12-4/h5,7H,6H2,1-4H3. The first-order valence-corrected chi connectivity index (χ1v) is 5.57. The van der Waals surface area contributed by atoms with Crippen LogP contribution >= 0.6 is 11.8 Å². The van der Waals surface area contributed by atoms with Gasteiger partial charge in [0.2, 0.25) is 0 Å². The molecular weight excluding hydrogens is 168 g/mol. The van der Waals surface area contributed by atoms with Crippen molar-refractivity contribution in [3.05, 3.63) is 17.7 Å². The average Bonchev–Trinajstić information content (AvgIpc) is 2.32. The van der Waals surface area contributed by atoms with Crippen LogP contribution in [0.2, 0.25) is 0 Å². The Labute approximate surface area is 78.4 Å². The highest BCUT2D eigenvalue weighted by Gasteiger charge is 2.06. The minimum Gasteiger partial charge on any atom is -0.331 e. The molecule has 3 heteroatoms. The van der Waals surface area contributed by atoms with Gasteiger partial charge in [0.15, 0.2) is 0 Å².